The van der Waals surface area contributed by atoms with Crippen molar-refractivity contribution in [3.8, 4) is 0 Å². The van der Waals surface area contributed by atoms with Gasteiger partial charge in [-0.2, -0.15) is 0 Å². The molecular weight excluding hydrogens is 354 g/mol. The van der Waals surface area contributed by atoms with E-state index >= 15 is 0 Å². The molecule has 1 aromatic carbocycles. The van der Waals surface area contributed by atoms with E-state index in [2.05, 4.69) is 10.6 Å². The van der Waals surface area contributed by atoms with E-state index in [-0.39, 0.29) is 23.9 Å². The molecule has 0 heterocycles. The van der Waals surface area contributed by atoms with E-state index in [4.69, 9.17) is 39.0 Å². The van der Waals surface area contributed by atoms with E-state index in [1.54, 1.807) is 32.0 Å². The summed E-state index contributed by atoms with van der Waals surface area (Å²) in [6, 6.07) is 4.84. The van der Waals surface area contributed by atoms with Crippen LogP contribution >= 0.6 is 23.8 Å². The third-order valence-corrected chi connectivity index (χ3v) is 2.94. The topological polar surface area (TPSA) is 103 Å². The Balaban J connectivity index is 3.10. The van der Waals surface area contributed by atoms with Crippen LogP contribution in [0.2, 0.25) is 5.02 Å². The van der Waals surface area contributed by atoms with Crippen LogP contribution in [-0.2, 0) is 19.1 Å². The van der Waals surface area contributed by atoms with Gasteiger partial charge in [0.05, 0.1) is 24.6 Å². The first kappa shape index (κ1) is 19.7. The first-order valence-electron chi connectivity index (χ1n) is 7.06. The molecule has 1 rings (SSSR count). The molecule has 0 aromatic heterocycles. The number of hydrogen-bond donors (Lipinski definition) is 3. The van der Waals surface area contributed by atoms with E-state index < -0.39 is 11.9 Å². The quantitative estimate of drug-likeness (QED) is 0.221. The number of anilines is 2. The summed E-state index contributed by atoms with van der Waals surface area (Å²) in [6.45, 7) is 3.53. The maximum absolute atomic E-state index is 11.9. The number of ether oxygens (including phenoxy) is 2. The van der Waals surface area contributed by atoms with Crippen LogP contribution in [0.25, 0.3) is 0 Å². The van der Waals surface area contributed by atoms with E-state index in [1.807, 2.05) is 0 Å². The predicted octanol–water partition coefficient (Wildman–Crippen LogP) is 2.42. The van der Waals surface area contributed by atoms with Gasteiger partial charge in [0, 0.05) is 11.2 Å². The standard InChI is InChI=1S/C15H18ClN3O4S/c1-3-22-13(20)10(14(21)23-4-2)8-18-11-6-5-9(16)7-12(11)19-15(17)24/h5-8,18H,3-4H2,1-2H3,(H3,17,19,24). The molecule has 0 unspecified atom stereocenters. The molecule has 0 bridgehead atoms. The summed E-state index contributed by atoms with van der Waals surface area (Å²) in [5, 5.41) is 6.07. The summed E-state index contributed by atoms with van der Waals surface area (Å²) >= 11 is 10.7. The first-order valence-corrected chi connectivity index (χ1v) is 7.84. The van der Waals surface area contributed by atoms with Crippen molar-refractivity contribution in [1.29, 1.82) is 0 Å². The minimum Gasteiger partial charge on any atom is -0.462 e. The highest BCUT2D eigenvalue weighted by Gasteiger charge is 2.21. The molecule has 0 radical (unpaired) electrons. The lowest BCUT2D eigenvalue weighted by Gasteiger charge is -2.12. The molecule has 7 nitrogen and oxygen atoms in total. The summed E-state index contributed by atoms with van der Waals surface area (Å²) in [6.07, 6.45) is 1.20. The number of carbonyl (C=O) groups is 2. The number of rotatable bonds is 7. The summed E-state index contributed by atoms with van der Waals surface area (Å²) in [5.41, 5.74) is 6.18. The molecule has 1 aromatic rings. The van der Waals surface area contributed by atoms with Gasteiger partial charge < -0.3 is 25.8 Å². The molecular formula is C15H18ClN3O4S. The van der Waals surface area contributed by atoms with Gasteiger partial charge in [-0.15, -0.1) is 0 Å². The summed E-state index contributed by atoms with van der Waals surface area (Å²) in [5.74, 6) is -1.58. The molecule has 0 aliphatic heterocycles. The Morgan fingerprint density at radius 3 is 2.29 bits per heavy atom. The highest BCUT2D eigenvalue weighted by Crippen LogP contribution is 2.26. The number of nitrogens with two attached hydrogens (primary N) is 1. The molecule has 0 spiro atoms. The average Bonchev–Trinajstić information content (AvgIpc) is 2.49. The largest absolute Gasteiger partial charge is 0.462 e. The van der Waals surface area contributed by atoms with E-state index in [9.17, 15) is 9.59 Å². The fourth-order valence-electron chi connectivity index (χ4n) is 1.65. The molecule has 130 valence electrons. The summed E-state index contributed by atoms with van der Waals surface area (Å²) < 4.78 is 9.70. The van der Waals surface area contributed by atoms with Gasteiger partial charge in [-0.3, -0.25) is 0 Å². The maximum Gasteiger partial charge on any atom is 0.347 e. The van der Waals surface area contributed by atoms with Gasteiger partial charge in [0.15, 0.2) is 10.7 Å². The summed E-state index contributed by atoms with van der Waals surface area (Å²) in [4.78, 5) is 23.8. The van der Waals surface area contributed by atoms with Crippen LogP contribution in [0.1, 0.15) is 13.8 Å². The fourth-order valence-corrected chi connectivity index (χ4v) is 1.93. The van der Waals surface area contributed by atoms with Crippen LogP contribution in [0, 0.1) is 0 Å². The SMILES string of the molecule is CCOC(=O)C(=CNc1ccc(Cl)cc1NC(N)=S)C(=O)OCC. The van der Waals surface area contributed by atoms with Crippen LogP contribution in [-0.4, -0.2) is 30.3 Å². The van der Waals surface area contributed by atoms with Gasteiger partial charge >= 0.3 is 11.9 Å². The van der Waals surface area contributed by atoms with Gasteiger partial charge in [0.1, 0.15) is 0 Å². The highest BCUT2D eigenvalue weighted by molar-refractivity contribution is 7.80. The Bertz CT molecular complexity index is 644. The molecule has 24 heavy (non-hydrogen) atoms. The molecule has 4 N–H and O–H groups in total. The van der Waals surface area contributed by atoms with Crippen molar-refractivity contribution in [3.63, 3.8) is 0 Å². The third-order valence-electron chi connectivity index (χ3n) is 2.60. The van der Waals surface area contributed by atoms with Crippen molar-refractivity contribution < 1.29 is 19.1 Å². The van der Waals surface area contributed by atoms with Crippen LogP contribution in [0.4, 0.5) is 11.4 Å². The second kappa shape index (κ2) is 9.74. The summed E-state index contributed by atoms with van der Waals surface area (Å²) in [7, 11) is 0. The first-order chi connectivity index (χ1) is 11.4. The number of hydrogen-bond acceptors (Lipinski definition) is 6. The monoisotopic (exact) mass is 371 g/mol. The minimum atomic E-state index is -0.790. The molecule has 9 heteroatoms. The Labute approximate surface area is 150 Å². The minimum absolute atomic E-state index is 0.0419. The number of benzene rings is 1. The molecule has 0 aliphatic rings. The maximum atomic E-state index is 11.9. The van der Waals surface area contributed by atoms with Gasteiger partial charge in [-0.05, 0) is 44.3 Å². The van der Waals surface area contributed by atoms with Crippen molar-refractivity contribution in [2.24, 2.45) is 5.73 Å². The van der Waals surface area contributed by atoms with Gasteiger partial charge in [-0.1, -0.05) is 11.6 Å². The second-order valence-corrected chi connectivity index (χ2v) is 5.20. The predicted molar refractivity (Wildman–Crippen MR) is 96.8 cm³/mol. The van der Waals surface area contributed by atoms with Crippen molar-refractivity contribution >= 4 is 52.2 Å². The lowest BCUT2D eigenvalue weighted by molar-refractivity contribution is -0.146. The van der Waals surface area contributed by atoms with Gasteiger partial charge in [0.25, 0.3) is 0 Å². The number of halogens is 1. The van der Waals surface area contributed by atoms with Crippen molar-refractivity contribution in [1.82, 2.24) is 0 Å². The zero-order valence-corrected chi connectivity index (χ0v) is 14.8. The second-order valence-electron chi connectivity index (χ2n) is 4.32. The van der Waals surface area contributed by atoms with E-state index in [0.29, 0.717) is 16.4 Å². The van der Waals surface area contributed by atoms with Crippen LogP contribution in [0.15, 0.2) is 30.0 Å². The zero-order chi connectivity index (χ0) is 18.1. The Hall–Kier alpha value is -2.32. The molecule has 0 fully saturated rings. The van der Waals surface area contributed by atoms with E-state index in [0.717, 1.165) is 0 Å². The lowest BCUT2D eigenvalue weighted by atomic mass is 10.2. The van der Waals surface area contributed by atoms with Crippen LogP contribution in [0.3, 0.4) is 0 Å². The van der Waals surface area contributed by atoms with Gasteiger partial charge in [0.2, 0.25) is 0 Å². The van der Waals surface area contributed by atoms with Gasteiger partial charge in [-0.25, -0.2) is 9.59 Å². The molecule has 0 saturated heterocycles. The Kier molecular flexibility index (Phi) is 8.00. The van der Waals surface area contributed by atoms with Crippen LogP contribution in [0.5, 0.6) is 0 Å². The normalized spacial score (nSPS) is 9.62. The number of nitrogens with one attached hydrogen (secondary N) is 2. The third kappa shape index (κ3) is 6.05. The molecule has 0 aliphatic carbocycles. The average molecular weight is 372 g/mol. The zero-order valence-electron chi connectivity index (χ0n) is 13.2. The lowest BCUT2D eigenvalue weighted by Crippen LogP contribution is -2.21. The number of thiocarbonyl (C=S) groups is 1. The molecule has 0 amide bonds. The highest BCUT2D eigenvalue weighted by atomic mass is 35.5. The van der Waals surface area contributed by atoms with Crippen molar-refractivity contribution in [3.05, 3.63) is 35.0 Å². The number of esters is 2. The Morgan fingerprint density at radius 2 is 1.79 bits per heavy atom. The fraction of sp³-hybridized carbons (Fsp3) is 0.267. The molecule has 0 saturated carbocycles. The molecule has 0 atom stereocenters. The van der Waals surface area contributed by atoms with E-state index in [1.165, 1.54) is 6.20 Å². The van der Waals surface area contributed by atoms with Crippen molar-refractivity contribution in [2.75, 3.05) is 23.8 Å². The van der Waals surface area contributed by atoms with Crippen molar-refractivity contribution in [2.45, 2.75) is 13.8 Å². The van der Waals surface area contributed by atoms with Crippen LogP contribution < -0.4 is 16.4 Å². The number of carbonyl (C=O) groups excluding carboxylic acids is 2. The smallest absolute Gasteiger partial charge is 0.347 e. The Morgan fingerprint density at radius 1 is 1.21 bits per heavy atom.